The van der Waals surface area contributed by atoms with Gasteiger partial charge < -0.3 is 5.11 Å². The van der Waals surface area contributed by atoms with Crippen LogP contribution in [0.25, 0.3) is 0 Å². The molecule has 2 rings (SSSR count). The zero-order valence-electron chi connectivity index (χ0n) is 10.4. The van der Waals surface area contributed by atoms with Gasteiger partial charge in [-0.1, -0.05) is 0 Å². The molecule has 0 aliphatic carbocycles. The minimum absolute atomic E-state index is 0.0925. The van der Waals surface area contributed by atoms with Gasteiger partial charge in [0.2, 0.25) is 0 Å². The standard InChI is InChI=1S/C12H11BrFNO3S2/c1-7-12(5-9(6-16)19-7)20(17,18)15-8-2-3-10(13)11(14)4-8/h2-5,15-16H,6H2,1H3. The van der Waals surface area contributed by atoms with Gasteiger partial charge in [-0.25, -0.2) is 12.8 Å². The molecule has 0 atom stereocenters. The normalized spacial score (nSPS) is 11.6. The highest BCUT2D eigenvalue weighted by Crippen LogP contribution is 2.28. The van der Waals surface area contributed by atoms with Crippen molar-refractivity contribution in [3.8, 4) is 0 Å². The number of aryl methyl sites for hydroxylation is 1. The van der Waals surface area contributed by atoms with Crippen LogP contribution in [-0.2, 0) is 16.6 Å². The maximum absolute atomic E-state index is 13.4. The maximum Gasteiger partial charge on any atom is 0.263 e. The molecule has 20 heavy (non-hydrogen) atoms. The average Bonchev–Trinajstić information content (AvgIpc) is 2.76. The predicted molar refractivity (Wildman–Crippen MR) is 79.9 cm³/mol. The number of hydrogen-bond acceptors (Lipinski definition) is 4. The molecule has 0 saturated heterocycles. The fourth-order valence-electron chi connectivity index (χ4n) is 1.64. The van der Waals surface area contributed by atoms with E-state index in [9.17, 15) is 12.8 Å². The first-order valence-electron chi connectivity index (χ1n) is 5.51. The topological polar surface area (TPSA) is 66.4 Å². The molecular formula is C12H11BrFNO3S2. The molecule has 4 nitrogen and oxygen atoms in total. The summed E-state index contributed by atoms with van der Waals surface area (Å²) < 4.78 is 40.4. The van der Waals surface area contributed by atoms with Gasteiger partial charge in [-0.2, -0.15) is 0 Å². The third-order valence-electron chi connectivity index (χ3n) is 2.54. The zero-order chi connectivity index (χ0) is 14.9. The minimum Gasteiger partial charge on any atom is -0.391 e. The lowest BCUT2D eigenvalue weighted by Crippen LogP contribution is -2.13. The fourth-order valence-corrected chi connectivity index (χ4v) is 4.43. The third-order valence-corrected chi connectivity index (χ3v) is 5.86. The van der Waals surface area contributed by atoms with Crippen LogP contribution in [-0.4, -0.2) is 13.5 Å². The number of thiophene rings is 1. The first-order chi connectivity index (χ1) is 9.33. The number of nitrogens with one attached hydrogen (secondary N) is 1. The summed E-state index contributed by atoms with van der Waals surface area (Å²) in [5, 5.41) is 9.04. The van der Waals surface area contributed by atoms with Crippen LogP contribution in [0.15, 0.2) is 33.6 Å². The summed E-state index contributed by atoms with van der Waals surface area (Å²) in [5.41, 5.74) is 0.141. The van der Waals surface area contributed by atoms with Crippen LogP contribution >= 0.6 is 27.3 Å². The largest absolute Gasteiger partial charge is 0.391 e. The van der Waals surface area contributed by atoms with E-state index >= 15 is 0 Å². The van der Waals surface area contributed by atoms with E-state index < -0.39 is 15.8 Å². The molecule has 1 heterocycles. The Bertz CT molecular complexity index is 743. The van der Waals surface area contributed by atoms with Crippen LogP contribution in [0.2, 0.25) is 0 Å². The molecule has 0 fully saturated rings. The molecule has 0 saturated carbocycles. The SMILES string of the molecule is Cc1sc(CO)cc1S(=O)(=O)Nc1ccc(Br)c(F)c1. The number of aliphatic hydroxyl groups is 1. The monoisotopic (exact) mass is 379 g/mol. The number of hydrogen-bond donors (Lipinski definition) is 2. The Kier molecular flexibility index (Phi) is 4.48. The summed E-state index contributed by atoms with van der Waals surface area (Å²) >= 11 is 4.21. The first kappa shape index (κ1) is 15.4. The van der Waals surface area contributed by atoms with Gasteiger partial charge in [-0.15, -0.1) is 11.3 Å². The van der Waals surface area contributed by atoms with E-state index in [-0.39, 0.29) is 21.7 Å². The van der Waals surface area contributed by atoms with E-state index in [0.29, 0.717) is 9.75 Å². The average molecular weight is 380 g/mol. The van der Waals surface area contributed by atoms with Gasteiger partial charge in [-0.3, -0.25) is 4.72 Å². The second-order valence-electron chi connectivity index (χ2n) is 4.03. The van der Waals surface area contributed by atoms with Gasteiger partial charge in [0.05, 0.1) is 16.8 Å². The van der Waals surface area contributed by atoms with E-state index in [1.807, 2.05) is 0 Å². The molecule has 0 aliphatic rings. The highest BCUT2D eigenvalue weighted by Gasteiger charge is 2.20. The van der Waals surface area contributed by atoms with Crippen LogP contribution in [0.5, 0.6) is 0 Å². The van der Waals surface area contributed by atoms with Crippen molar-refractivity contribution in [1.82, 2.24) is 0 Å². The van der Waals surface area contributed by atoms with Crippen molar-refractivity contribution in [3.63, 3.8) is 0 Å². The van der Waals surface area contributed by atoms with Gasteiger partial charge >= 0.3 is 0 Å². The van der Waals surface area contributed by atoms with Gasteiger partial charge in [0.15, 0.2) is 0 Å². The Labute approximate surface area is 128 Å². The summed E-state index contributed by atoms with van der Waals surface area (Å²) in [7, 11) is -3.80. The quantitative estimate of drug-likeness (QED) is 0.856. The number of sulfonamides is 1. The molecule has 1 aromatic heterocycles. The van der Waals surface area contributed by atoms with Crippen molar-refractivity contribution in [2.75, 3.05) is 4.72 Å². The highest BCUT2D eigenvalue weighted by atomic mass is 79.9. The van der Waals surface area contributed by atoms with Crippen LogP contribution < -0.4 is 4.72 Å². The molecule has 8 heteroatoms. The Balaban J connectivity index is 2.35. The van der Waals surface area contributed by atoms with Gasteiger partial charge in [-0.05, 0) is 47.1 Å². The molecule has 2 N–H and O–H groups in total. The Hall–Kier alpha value is -0.960. The molecule has 0 unspecified atom stereocenters. The molecule has 0 radical (unpaired) electrons. The van der Waals surface area contributed by atoms with Crippen LogP contribution in [0.4, 0.5) is 10.1 Å². The van der Waals surface area contributed by atoms with Crippen molar-refractivity contribution in [1.29, 1.82) is 0 Å². The van der Waals surface area contributed by atoms with Crippen LogP contribution in [0, 0.1) is 12.7 Å². The summed E-state index contributed by atoms with van der Waals surface area (Å²) in [6, 6.07) is 5.39. The Morgan fingerprint density at radius 3 is 2.65 bits per heavy atom. The van der Waals surface area contributed by atoms with E-state index in [1.54, 1.807) is 6.92 Å². The van der Waals surface area contributed by atoms with Gasteiger partial charge in [0.1, 0.15) is 10.7 Å². The van der Waals surface area contributed by atoms with Crippen LogP contribution in [0.3, 0.4) is 0 Å². The lowest BCUT2D eigenvalue weighted by atomic mass is 10.3. The van der Waals surface area contributed by atoms with Gasteiger partial charge in [0, 0.05) is 9.75 Å². The second kappa shape index (κ2) is 5.80. The summed E-state index contributed by atoms with van der Waals surface area (Å²) in [5.74, 6) is -0.553. The molecule has 0 spiro atoms. The summed E-state index contributed by atoms with van der Waals surface area (Å²) in [6.07, 6.45) is 0. The minimum atomic E-state index is -3.80. The van der Waals surface area contributed by atoms with E-state index in [1.165, 1.54) is 29.5 Å². The number of halogens is 2. The summed E-state index contributed by atoms with van der Waals surface area (Å²) in [4.78, 5) is 1.22. The molecule has 0 aliphatic heterocycles. The van der Waals surface area contributed by atoms with E-state index in [4.69, 9.17) is 5.11 Å². The van der Waals surface area contributed by atoms with E-state index in [0.717, 1.165) is 6.07 Å². The second-order valence-corrected chi connectivity index (χ2v) is 7.87. The van der Waals surface area contributed by atoms with Crippen molar-refractivity contribution in [2.24, 2.45) is 0 Å². The molecule has 1 aromatic carbocycles. The molecule has 0 amide bonds. The predicted octanol–water partition coefficient (Wildman–Crippen LogP) is 3.25. The number of benzene rings is 1. The summed E-state index contributed by atoms with van der Waals surface area (Å²) in [6.45, 7) is 1.44. The molecule has 108 valence electrons. The molecule has 0 bridgehead atoms. The number of rotatable bonds is 4. The third kappa shape index (κ3) is 3.20. The van der Waals surface area contributed by atoms with Crippen LogP contribution in [0.1, 0.15) is 9.75 Å². The fraction of sp³-hybridized carbons (Fsp3) is 0.167. The van der Waals surface area contributed by atoms with Crippen molar-refractivity contribution < 1.29 is 17.9 Å². The molecular weight excluding hydrogens is 369 g/mol. The van der Waals surface area contributed by atoms with Crippen molar-refractivity contribution in [2.45, 2.75) is 18.4 Å². The Morgan fingerprint density at radius 2 is 2.10 bits per heavy atom. The zero-order valence-corrected chi connectivity index (χ0v) is 13.6. The van der Waals surface area contributed by atoms with E-state index in [2.05, 4.69) is 20.7 Å². The molecule has 2 aromatic rings. The maximum atomic E-state index is 13.4. The number of anilines is 1. The Morgan fingerprint density at radius 1 is 1.40 bits per heavy atom. The first-order valence-corrected chi connectivity index (χ1v) is 8.61. The van der Waals surface area contributed by atoms with Crippen molar-refractivity contribution >= 4 is 43.0 Å². The lowest BCUT2D eigenvalue weighted by Gasteiger charge is -2.08. The van der Waals surface area contributed by atoms with Crippen molar-refractivity contribution in [3.05, 3.63) is 44.3 Å². The smallest absolute Gasteiger partial charge is 0.263 e. The number of aliphatic hydroxyl groups excluding tert-OH is 1. The van der Waals surface area contributed by atoms with Gasteiger partial charge in [0.25, 0.3) is 10.0 Å². The highest BCUT2D eigenvalue weighted by molar-refractivity contribution is 9.10. The lowest BCUT2D eigenvalue weighted by molar-refractivity contribution is 0.285.